The molecule has 1 aromatic rings. The van der Waals surface area contributed by atoms with Gasteiger partial charge < -0.3 is 4.55 Å². The van der Waals surface area contributed by atoms with Crippen LogP contribution in [0, 0.1) is 22.1 Å². The number of diazo groups is 1. The number of fused-ring (bicyclic) bond motifs is 2. The Morgan fingerprint density at radius 3 is 2.29 bits per heavy atom. The Labute approximate surface area is 150 Å². The standard InChI is InChI=1S/C10H16O4S.C6H4BrN2/c1-9(2)7-3-4-10(9,8(11)5-7)6-15(12,13)14;7-5-1-3-6(9-8)4-2-5/h7H,3-6H2,1-2H3,(H,12,13,14);1-4H/q;+1/p-1. The molecule has 8 heteroatoms. The minimum Gasteiger partial charge on any atom is -0.748 e. The Balaban J connectivity index is 0.000000198. The second kappa shape index (κ2) is 6.54. The number of hydrogen-bond donors (Lipinski definition) is 0. The predicted molar refractivity (Wildman–Crippen MR) is 92.0 cm³/mol. The van der Waals surface area contributed by atoms with E-state index in [1.807, 2.05) is 26.0 Å². The van der Waals surface area contributed by atoms with E-state index in [-0.39, 0.29) is 17.1 Å². The summed E-state index contributed by atoms with van der Waals surface area (Å²) in [4.78, 5) is 14.8. The lowest BCUT2D eigenvalue weighted by atomic mass is 9.70. The van der Waals surface area contributed by atoms with Crippen molar-refractivity contribution >= 4 is 37.5 Å². The summed E-state index contributed by atoms with van der Waals surface area (Å²) in [7, 11) is -4.33. The molecule has 2 fully saturated rings. The van der Waals surface area contributed by atoms with Gasteiger partial charge in [0.15, 0.2) is 4.98 Å². The molecule has 0 radical (unpaired) electrons. The minimum absolute atomic E-state index is 0.0248. The largest absolute Gasteiger partial charge is 0.748 e. The fourth-order valence-electron chi connectivity index (χ4n) is 3.92. The number of Topliss-reactive ketones (excluding diaryl/α,β-unsaturated/α-hetero) is 1. The van der Waals surface area contributed by atoms with Crippen molar-refractivity contribution in [3.05, 3.63) is 33.7 Å². The van der Waals surface area contributed by atoms with Crippen LogP contribution in [0.2, 0.25) is 0 Å². The van der Waals surface area contributed by atoms with Gasteiger partial charge in [0.25, 0.3) is 0 Å². The second-order valence-corrected chi connectivity index (χ2v) is 9.26. The van der Waals surface area contributed by atoms with E-state index >= 15 is 0 Å². The van der Waals surface area contributed by atoms with Crippen molar-refractivity contribution in [1.82, 2.24) is 0 Å². The first-order valence-corrected chi connectivity index (χ1v) is 9.96. The minimum atomic E-state index is -4.33. The molecule has 0 spiro atoms. The molecule has 24 heavy (non-hydrogen) atoms. The summed E-state index contributed by atoms with van der Waals surface area (Å²) in [5.74, 6) is -0.280. The molecule has 1 aromatic carbocycles. The number of carbonyl (C=O) groups is 1. The fraction of sp³-hybridized carbons (Fsp3) is 0.562. The van der Waals surface area contributed by atoms with Gasteiger partial charge in [0.2, 0.25) is 5.39 Å². The molecule has 130 valence electrons. The van der Waals surface area contributed by atoms with Crippen LogP contribution in [0.5, 0.6) is 0 Å². The summed E-state index contributed by atoms with van der Waals surface area (Å²) in [6, 6.07) is 7.05. The first kappa shape index (κ1) is 19.0. The van der Waals surface area contributed by atoms with Gasteiger partial charge in [-0.25, -0.2) is 8.42 Å². The van der Waals surface area contributed by atoms with E-state index in [4.69, 9.17) is 5.39 Å². The second-order valence-electron chi connectivity index (χ2n) is 6.95. The molecule has 2 saturated carbocycles. The zero-order valence-corrected chi connectivity index (χ0v) is 15.9. The molecule has 2 bridgehead atoms. The average Bonchev–Trinajstić information content (AvgIpc) is 2.81. The molecule has 2 unspecified atom stereocenters. The van der Waals surface area contributed by atoms with E-state index in [1.165, 1.54) is 0 Å². The quantitative estimate of drug-likeness (QED) is 0.539. The van der Waals surface area contributed by atoms with Gasteiger partial charge in [0.1, 0.15) is 5.78 Å². The third kappa shape index (κ3) is 3.53. The molecule has 0 aromatic heterocycles. The van der Waals surface area contributed by atoms with Crippen LogP contribution in [0.25, 0.3) is 4.98 Å². The summed E-state index contributed by atoms with van der Waals surface area (Å²) in [5.41, 5.74) is -0.655. The van der Waals surface area contributed by atoms with Crippen molar-refractivity contribution in [2.24, 2.45) is 16.7 Å². The van der Waals surface area contributed by atoms with Crippen molar-refractivity contribution in [3.8, 4) is 0 Å². The van der Waals surface area contributed by atoms with Crippen molar-refractivity contribution in [2.75, 3.05) is 5.75 Å². The van der Waals surface area contributed by atoms with Crippen LogP contribution in [-0.4, -0.2) is 24.5 Å². The van der Waals surface area contributed by atoms with Crippen LogP contribution in [0.1, 0.15) is 33.1 Å². The lowest BCUT2D eigenvalue weighted by Crippen LogP contribution is -2.42. The summed E-state index contributed by atoms with van der Waals surface area (Å²) in [6.07, 6.45) is 1.88. The van der Waals surface area contributed by atoms with Crippen LogP contribution < -0.4 is 0 Å². The number of ketones is 1. The van der Waals surface area contributed by atoms with E-state index in [9.17, 15) is 17.8 Å². The molecule has 2 atom stereocenters. The number of halogens is 1. The Kier molecular flexibility index (Phi) is 5.19. The zero-order chi connectivity index (χ0) is 18.2. The third-order valence-electron chi connectivity index (χ3n) is 5.50. The topological polar surface area (TPSA) is 102 Å². The average molecular weight is 415 g/mol. The number of rotatable bonds is 2. The summed E-state index contributed by atoms with van der Waals surface area (Å²) in [5, 5.41) is 8.24. The highest BCUT2D eigenvalue weighted by molar-refractivity contribution is 9.10. The normalized spacial score (nSPS) is 27.3. The molecule has 2 aliphatic rings. The molecular weight excluding hydrogens is 396 g/mol. The van der Waals surface area contributed by atoms with E-state index in [2.05, 4.69) is 20.9 Å². The Hall–Kier alpha value is -1.30. The molecule has 0 heterocycles. The molecule has 6 nitrogen and oxygen atoms in total. The van der Waals surface area contributed by atoms with Crippen molar-refractivity contribution in [3.63, 3.8) is 0 Å². The van der Waals surface area contributed by atoms with Gasteiger partial charge in [-0.3, -0.25) is 4.79 Å². The van der Waals surface area contributed by atoms with Crippen LogP contribution in [0.3, 0.4) is 0 Å². The Morgan fingerprint density at radius 1 is 1.33 bits per heavy atom. The summed E-state index contributed by atoms with van der Waals surface area (Å²) >= 11 is 3.25. The molecular formula is C16H19BrN2O4S. The van der Waals surface area contributed by atoms with Gasteiger partial charge in [-0.1, -0.05) is 29.8 Å². The van der Waals surface area contributed by atoms with Crippen LogP contribution in [-0.2, 0) is 14.9 Å². The molecule has 0 N–H and O–H groups in total. The molecule has 3 rings (SSSR count). The molecule has 0 amide bonds. The van der Waals surface area contributed by atoms with Crippen molar-refractivity contribution < 1.29 is 17.8 Å². The Bertz CT molecular complexity index is 783. The van der Waals surface area contributed by atoms with Gasteiger partial charge in [0.05, 0.1) is 15.9 Å². The van der Waals surface area contributed by atoms with E-state index < -0.39 is 21.3 Å². The van der Waals surface area contributed by atoms with Crippen LogP contribution in [0.15, 0.2) is 28.7 Å². The Morgan fingerprint density at radius 2 is 1.92 bits per heavy atom. The van der Waals surface area contributed by atoms with E-state index in [1.54, 1.807) is 12.1 Å². The lowest BCUT2D eigenvalue weighted by molar-refractivity contribution is -0.128. The van der Waals surface area contributed by atoms with Gasteiger partial charge >= 0.3 is 5.69 Å². The first-order chi connectivity index (χ1) is 11.0. The smallest absolute Gasteiger partial charge is 0.385 e. The molecule has 0 saturated heterocycles. The molecule has 0 aliphatic heterocycles. The summed E-state index contributed by atoms with van der Waals surface area (Å²) in [6.45, 7) is 3.83. The predicted octanol–water partition coefficient (Wildman–Crippen LogP) is 3.86. The van der Waals surface area contributed by atoms with E-state index in [0.29, 0.717) is 18.5 Å². The number of hydrogen-bond acceptors (Lipinski definition) is 5. The third-order valence-corrected chi connectivity index (χ3v) is 6.88. The highest BCUT2D eigenvalue weighted by Gasteiger charge is 2.64. The van der Waals surface area contributed by atoms with Crippen LogP contribution >= 0.6 is 15.9 Å². The number of carbonyl (C=O) groups excluding carboxylic acids is 1. The monoisotopic (exact) mass is 414 g/mol. The SMILES string of the molecule is CC1(C)C2CCC1(CS(=O)(=O)[O-])C(=O)C2.N#[N+]c1ccc(Br)cc1. The lowest BCUT2D eigenvalue weighted by Gasteiger charge is -2.37. The van der Waals surface area contributed by atoms with Gasteiger partial charge in [-0.15, -0.1) is 0 Å². The highest BCUT2D eigenvalue weighted by Crippen LogP contribution is 2.64. The number of nitrogens with zero attached hydrogens (tertiary/aromatic N) is 2. The van der Waals surface area contributed by atoms with Gasteiger partial charge in [0, 0.05) is 28.4 Å². The maximum absolute atomic E-state index is 11.8. The maximum atomic E-state index is 11.8. The van der Waals surface area contributed by atoms with Gasteiger partial charge in [-0.05, 0) is 36.3 Å². The van der Waals surface area contributed by atoms with Crippen LogP contribution in [0.4, 0.5) is 5.69 Å². The highest BCUT2D eigenvalue weighted by atomic mass is 79.9. The fourth-order valence-corrected chi connectivity index (χ4v) is 5.46. The number of benzene rings is 1. The zero-order valence-electron chi connectivity index (χ0n) is 13.5. The van der Waals surface area contributed by atoms with Gasteiger partial charge in [-0.2, -0.15) is 0 Å². The molecule has 2 aliphatic carbocycles. The maximum Gasteiger partial charge on any atom is 0.385 e. The summed E-state index contributed by atoms with van der Waals surface area (Å²) < 4.78 is 33.7. The van der Waals surface area contributed by atoms with Crippen molar-refractivity contribution in [2.45, 2.75) is 33.1 Å². The first-order valence-electron chi connectivity index (χ1n) is 7.59. The van der Waals surface area contributed by atoms with E-state index in [0.717, 1.165) is 10.9 Å². The van der Waals surface area contributed by atoms with Crippen molar-refractivity contribution in [1.29, 1.82) is 5.39 Å².